The van der Waals surface area contributed by atoms with Gasteiger partial charge in [0.25, 0.3) is 0 Å². The van der Waals surface area contributed by atoms with Crippen molar-refractivity contribution >= 4 is 5.69 Å². The number of rotatable bonds is 2. The van der Waals surface area contributed by atoms with Gasteiger partial charge in [0, 0.05) is 23.8 Å². The van der Waals surface area contributed by atoms with Gasteiger partial charge in [0.2, 0.25) is 0 Å². The lowest BCUT2D eigenvalue weighted by Gasteiger charge is -2.35. The fourth-order valence-corrected chi connectivity index (χ4v) is 2.81. The molecule has 1 aliphatic rings. The van der Waals surface area contributed by atoms with Crippen molar-refractivity contribution in [2.24, 2.45) is 0 Å². The minimum absolute atomic E-state index is 0.182. The first kappa shape index (κ1) is 14.4. The molecule has 19 heavy (non-hydrogen) atoms. The summed E-state index contributed by atoms with van der Waals surface area (Å²) in [6.45, 7) is 13.6. The topological polar surface area (TPSA) is 15.3 Å². The zero-order valence-electron chi connectivity index (χ0n) is 13.0. The highest BCUT2D eigenvalue weighted by Gasteiger charge is 2.27. The molecule has 1 aromatic rings. The number of benzene rings is 1. The largest absolute Gasteiger partial charge is 0.367 e. The molecule has 106 valence electrons. The summed E-state index contributed by atoms with van der Waals surface area (Å²) in [5.74, 6) is 0.605. The van der Waals surface area contributed by atoms with Gasteiger partial charge in [0.1, 0.15) is 0 Å². The Morgan fingerprint density at radius 2 is 1.84 bits per heavy atom. The van der Waals surface area contributed by atoms with E-state index in [4.69, 9.17) is 0 Å². The summed E-state index contributed by atoms with van der Waals surface area (Å²) >= 11 is 0. The molecule has 0 spiro atoms. The van der Waals surface area contributed by atoms with E-state index in [1.54, 1.807) is 0 Å². The van der Waals surface area contributed by atoms with Crippen LogP contribution < -0.4 is 10.2 Å². The molecule has 2 rings (SSSR count). The normalized spacial score (nSPS) is 23.5. The second-order valence-electron chi connectivity index (χ2n) is 6.82. The van der Waals surface area contributed by atoms with E-state index in [9.17, 15) is 0 Å². The van der Waals surface area contributed by atoms with Crippen LogP contribution in [-0.2, 0) is 0 Å². The van der Waals surface area contributed by atoms with Crippen LogP contribution in [-0.4, -0.2) is 24.7 Å². The van der Waals surface area contributed by atoms with Crippen LogP contribution in [0.15, 0.2) is 24.3 Å². The van der Waals surface area contributed by atoms with E-state index < -0.39 is 0 Å². The Labute approximate surface area is 118 Å². The van der Waals surface area contributed by atoms with E-state index in [2.05, 4.69) is 69.1 Å². The molecule has 0 radical (unpaired) electrons. The highest BCUT2D eigenvalue weighted by molar-refractivity contribution is 5.49. The smallest absolute Gasteiger partial charge is 0.0369 e. The van der Waals surface area contributed by atoms with Gasteiger partial charge in [-0.15, -0.1) is 0 Å². The fourth-order valence-electron chi connectivity index (χ4n) is 2.81. The second kappa shape index (κ2) is 5.54. The van der Waals surface area contributed by atoms with Crippen molar-refractivity contribution in [3.63, 3.8) is 0 Å². The molecule has 0 saturated carbocycles. The van der Waals surface area contributed by atoms with Gasteiger partial charge in [-0.2, -0.15) is 0 Å². The molecule has 1 atom stereocenters. The standard InChI is InChI=1S/C17H28N2/c1-13(2)15-6-8-16(9-7-15)19-12-17(4,5)18-11-10-14(19)3/h6-9,13-14,18H,10-12H2,1-5H3. The maximum atomic E-state index is 3.64. The molecule has 0 aromatic heterocycles. The molecule has 2 heteroatoms. The van der Waals surface area contributed by atoms with Crippen LogP contribution in [0.3, 0.4) is 0 Å². The first-order chi connectivity index (χ1) is 8.89. The van der Waals surface area contributed by atoms with E-state index in [1.165, 1.54) is 17.7 Å². The van der Waals surface area contributed by atoms with Crippen molar-refractivity contribution in [3.8, 4) is 0 Å². The predicted molar refractivity (Wildman–Crippen MR) is 84.0 cm³/mol. The summed E-state index contributed by atoms with van der Waals surface area (Å²) in [5, 5.41) is 3.64. The van der Waals surface area contributed by atoms with E-state index >= 15 is 0 Å². The third-order valence-electron chi connectivity index (χ3n) is 4.15. The Balaban J connectivity index is 2.22. The van der Waals surface area contributed by atoms with Crippen molar-refractivity contribution in [1.29, 1.82) is 0 Å². The molecule has 1 aromatic carbocycles. The summed E-state index contributed by atoms with van der Waals surface area (Å²) in [5.41, 5.74) is 2.96. The Hall–Kier alpha value is -1.02. The molecule has 2 nitrogen and oxygen atoms in total. The third-order valence-corrected chi connectivity index (χ3v) is 4.15. The van der Waals surface area contributed by atoms with Gasteiger partial charge in [-0.1, -0.05) is 26.0 Å². The van der Waals surface area contributed by atoms with Crippen molar-refractivity contribution in [2.45, 2.75) is 58.5 Å². The van der Waals surface area contributed by atoms with Gasteiger partial charge in [0.15, 0.2) is 0 Å². The zero-order valence-corrected chi connectivity index (χ0v) is 13.0. The van der Waals surface area contributed by atoms with Crippen molar-refractivity contribution in [3.05, 3.63) is 29.8 Å². The van der Waals surface area contributed by atoms with Gasteiger partial charge in [-0.05, 0) is 57.4 Å². The van der Waals surface area contributed by atoms with Crippen molar-refractivity contribution in [2.75, 3.05) is 18.0 Å². The minimum atomic E-state index is 0.182. The van der Waals surface area contributed by atoms with Gasteiger partial charge in [-0.25, -0.2) is 0 Å². The fraction of sp³-hybridized carbons (Fsp3) is 0.647. The van der Waals surface area contributed by atoms with Crippen LogP contribution in [0, 0.1) is 0 Å². The number of hydrogen-bond acceptors (Lipinski definition) is 2. The lowest BCUT2D eigenvalue weighted by atomic mass is 10.0. The summed E-state index contributed by atoms with van der Waals surface area (Å²) < 4.78 is 0. The molecular weight excluding hydrogens is 232 g/mol. The van der Waals surface area contributed by atoms with Crippen LogP contribution in [0.1, 0.15) is 52.5 Å². The molecule has 0 bridgehead atoms. The highest BCUT2D eigenvalue weighted by atomic mass is 15.2. The average molecular weight is 260 g/mol. The quantitative estimate of drug-likeness (QED) is 0.870. The minimum Gasteiger partial charge on any atom is -0.367 e. The van der Waals surface area contributed by atoms with Gasteiger partial charge >= 0.3 is 0 Å². The maximum Gasteiger partial charge on any atom is 0.0369 e. The van der Waals surface area contributed by atoms with Crippen molar-refractivity contribution in [1.82, 2.24) is 5.32 Å². The zero-order chi connectivity index (χ0) is 14.0. The molecule has 1 aliphatic heterocycles. The molecule has 0 aliphatic carbocycles. The monoisotopic (exact) mass is 260 g/mol. The van der Waals surface area contributed by atoms with E-state index in [1.807, 2.05) is 0 Å². The Morgan fingerprint density at radius 3 is 2.42 bits per heavy atom. The van der Waals surface area contributed by atoms with Crippen LogP contribution in [0.2, 0.25) is 0 Å². The SMILES string of the molecule is CC(C)c1ccc(N2CC(C)(C)NCCC2C)cc1. The summed E-state index contributed by atoms with van der Waals surface area (Å²) in [6.07, 6.45) is 1.20. The Bertz CT molecular complexity index is 406. The van der Waals surface area contributed by atoms with Crippen LogP contribution >= 0.6 is 0 Å². The van der Waals surface area contributed by atoms with E-state index in [0.717, 1.165) is 13.1 Å². The Kier molecular flexibility index (Phi) is 4.19. The lowest BCUT2D eigenvalue weighted by Crippen LogP contribution is -2.47. The number of nitrogens with one attached hydrogen (secondary N) is 1. The first-order valence-electron chi connectivity index (χ1n) is 7.51. The van der Waals surface area contributed by atoms with Gasteiger partial charge in [0.05, 0.1) is 0 Å². The number of hydrogen-bond donors (Lipinski definition) is 1. The lowest BCUT2D eigenvalue weighted by molar-refractivity contribution is 0.415. The molecule has 1 saturated heterocycles. The second-order valence-corrected chi connectivity index (χ2v) is 6.82. The first-order valence-corrected chi connectivity index (χ1v) is 7.51. The van der Waals surface area contributed by atoms with Crippen LogP contribution in [0.4, 0.5) is 5.69 Å². The highest BCUT2D eigenvalue weighted by Crippen LogP contribution is 2.25. The van der Waals surface area contributed by atoms with Crippen LogP contribution in [0.25, 0.3) is 0 Å². The van der Waals surface area contributed by atoms with E-state index in [0.29, 0.717) is 12.0 Å². The number of nitrogens with zero attached hydrogens (tertiary/aromatic N) is 1. The maximum absolute atomic E-state index is 3.64. The molecule has 0 amide bonds. The van der Waals surface area contributed by atoms with Gasteiger partial charge in [-0.3, -0.25) is 0 Å². The molecular formula is C17H28N2. The molecule has 1 N–H and O–H groups in total. The summed E-state index contributed by atoms with van der Waals surface area (Å²) in [4.78, 5) is 2.55. The van der Waals surface area contributed by atoms with Crippen molar-refractivity contribution < 1.29 is 0 Å². The van der Waals surface area contributed by atoms with E-state index in [-0.39, 0.29) is 5.54 Å². The summed E-state index contributed by atoms with van der Waals surface area (Å²) in [6, 6.07) is 9.72. The van der Waals surface area contributed by atoms with Crippen LogP contribution in [0.5, 0.6) is 0 Å². The Morgan fingerprint density at radius 1 is 1.21 bits per heavy atom. The summed E-state index contributed by atoms with van der Waals surface area (Å²) in [7, 11) is 0. The molecule has 1 heterocycles. The number of anilines is 1. The average Bonchev–Trinajstić information content (AvgIpc) is 2.48. The molecule has 1 fully saturated rings. The van der Waals surface area contributed by atoms with Gasteiger partial charge < -0.3 is 10.2 Å². The third kappa shape index (κ3) is 3.50. The molecule has 1 unspecified atom stereocenters. The predicted octanol–water partition coefficient (Wildman–Crippen LogP) is 3.78.